The fraction of sp³-hybridized carbons (Fsp3) is 0.471. The van der Waals surface area contributed by atoms with Gasteiger partial charge in [-0.3, -0.25) is 4.79 Å². The molecule has 1 N–H and O–H groups in total. The summed E-state index contributed by atoms with van der Waals surface area (Å²) in [6.07, 6.45) is 3.54. The molecule has 2 aromatic rings. The normalized spacial score (nSPS) is 14.7. The fourth-order valence-corrected chi connectivity index (χ4v) is 2.78. The number of hydrogen-bond acceptors (Lipinski definition) is 1. The third-order valence-electron chi connectivity index (χ3n) is 4.18. The lowest BCUT2D eigenvalue weighted by Crippen LogP contribution is -2.25. The standard InChI is InChI=1S/C17H22N2O/c1-3-15-9-13-7-8-14(10-16(13)19(15)4-2)17(20)18-11-12-5-6-12/h7-10,12H,3-6,11H2,1-2H3,(H,18,20). The van der Waals surface area contributed by atoms with E-state index in [1.165, 1.54) is 29.4 Å². The number of aromatic nitrogens is 1. The molecule has 0 radical (unpaired) electrons. The number of hydrogen-bond donors (Lipinski definition) is 1. The van der Waals surface area contributed by atoms with Gasteiger partial charge in [-0.15, -0.1) is 0 Å². The molecule has 0 unspecified atom stereocenters. The van der Waals surface area contributed by atoms with Crippen LogP contribution in [0.15, 0.2) is 24.3 Å². The van der Waals surface area contributed by atoms with E-state index in [4.69, 9.17) is 0 Å². The number of carbonyl (C=O) groups is 1. The molecule has 20 heavy (non-hydrogen) atoms. The number of benzene rings is 1. The summed E-state index contributed by atoms with van der Waals surface area (Å²) in [6.45, 7) is 6.09. The minimum Gasteiger partial charge on any atom is -0.352 e. The van der Waals surface area contributed by atoms with Crippen molar-refractivity contribution in [1.29, 1.82) is 0 Å². The van der Waals surface area contributed by atoms with Crippen molar-refractivity contribution in [2.45, 2.75) is 39.7 Å². The van der Waals surface area contributed by atoms with E-state index >= 15 is 0 Å². The Morgan fingerprint density at radius 1 is 1.30 bits per heavy atom. The molecule has 1 aliphatic rings. The van der Waals surface area contributed by atoms with E-state index in [0.29, 0.717) is 5.92 Å². The fourth-order valence-electron chi connectivity index (χ4n) is 2.78. The van der Waals surface area contributed by atoms with Gasteiger partial charge >= 0.3 is 0 Å². The number of aryl methyl sites for hydroxylation is 2. The molecule has 1 saturated carbocycles. The molecule has 1 aromatic heterocycles. The molecule has 1 fully saturated rings. The summed E-state index contributed by atoms with van der Waals surface area (Å²) in [4.78, 5) is 12.2. The van der Waals surface area contributed by atoms with Gasteiger partial charge < -0.3 is 9.88 Å². The van der Waals surface area contributed by atoms with Gasteiger partial charge in [-0.1, -0.05) is 13.0 Å². The summed E-state index contributed by atoms with van der Waals surface area (Å²) < 4.78 is 2.30. The summed E-state index contributed by atoms with van der Waals surface area (Å²) in [5.74, 6) is 0.773. The molecule has 1 aromatic carbocycles. The van der Waals surface area contributed by atoms with Crippen LogP contribution in [0.25, 0.3) is 10.9 Å². The Hall–Kier alpha value is -1.77. The molecule has 0 spiro atoms. The van der Waals surface area contributed by atoms with Gasteiger partial charge in [0.1, 0.15) is 0 Å². The molecule has 0 aliphatic heterocycles. The second kappa shape index (κ2) is 5.31. The first-order valence-electron chi connectivity index (χ1n) is 7.63. The Kier molecular flexibility index (Phi) is 3.51. The molecule has 1 aliphatic carbocycles. The highest BCUT2D eigenvalue weighted by molar-refractivity contribution is 5.98. The number of fused-ring (bicyclic) bond motifs is 1. The quantitative estimate of drug-likeness (QED) is 0.888. The highest BCUT2D eigenvalue weighted by atomic mass is 16.1. The molecular formula is C17H22N2O. The number of amides is 1. The molecule has 3 nitrogen and oxygen atoms in total. The van der Waals surface area contributed by atoms with Gasteiger partial charge in [0, 0.05) is 29.9 Å². The molecule has 106 valence electrons. The molecule has 0 bridgehead atoms. The topological polar surface area (TPSA) is 34.0 Å². The number of rotatable bonds is 5. The summed E-state index contributed by atoms with van der Waals surface area (Å²) in [6, 6.07) is 8.25. The largest absolute Gasteiger partial charge is 0.352 e. The van der Waals surface area contributed by atoms with Crippen LogP contribution in [0.2, 0.25) is 0 Å². The van der Waals surface area contributed by atoms with Crippen molar-refractivity contribution >= 4 is 16.8 Å². The second-order valence-electron chi connectivity index (χ2n) is 5.66. The first-order valence-corrected chi connectivity index (χ1v) is 7.63. The number of carbonyl (C=O) groups excluding carboxylic acids is 1. The Morgan fingerprint density at radius 3 is 2.75 bits per heavy atom. The maximum Gasteiger partial charge on any atom is 0.251 e. The van der Waals surface area contributed by atoms with Gasteiger partial charge in [-0.25, -0.2) is 0 Å². The zero-order valence-electron chi connectivity index (χ0n) is 12.3. The second-order valence-corrected chi connectivity index (χ2v) is 5.66. The average Bonchev–Trinajstić information content (AvgIpc) is 3.23. The van der Waals surface area contributed by atoms with Crippen molar-refractivity contribution < 1.29 is 4.79 Å². The van der Waals surface area contributed by atoms with Crippen LogP contribution in [0.5, 0.6) is 0 Å². The molecule has 0 atom stereocenters. The Morgan fingerprint density at radius 2 is 2.10 bits per heavy atom. The summed E-state index contributed by atoms with van der Waals surface area (Å²) >= 11 is 0. The highest BCUT2D eigenvalue weighted by Crippen LogP contribution is 2.28. The van der Waals surface area contributed by atoms with E-state index < -0.39 is 0 Å². The zero-order valence-corrected chi connectivity index (χ0v) is 12.3. The lowest BCUT2D eigenvalue weighted by molar-refractivity contribution is 0.0952. The highest BCUT2D eigenvalue weighted by Gasteiger charge is 2.22. The van der Waals surface area contributed by atoms with Crippen molar-refractivity contribution in [2.75, 3.05) is 6.54 Å². The molecular weight excluding hydrogens is 248 g/mol. The summed E-state index contributed by atoms with van der Waals surface area (Å²) in [5.41, 5.74) is 3.27. The van der Waals surface area contributed by atoms with Crippen molar-refractivity contribution in [1.82, 2.24) is 9.88 Å². The van der Waals surface area contributed by atoms with Crippen LogP contribution in [0, 0.1) is 5.92 Å². The van der Waals surface area contributed by atoms with Gasteiger partial charge in [0.25, 0.3) is 5.91 Å². The van der Waals surface area contributed by atoms with E-state index in [9.17, 15) is 4.79 Å². The number of nitrogens with one attached hydrogen (secondary N) is 1. The molecule has 0 saturated heterocycles. The van der Waals surface area contributed by atoms with E-state index in [2.05, 4.69) is 35.9 Å². The molecule has 3 rings (SSSR count). The van der Waals surface area contributed by atoms with E-state index in [-0.39, 0.29) is 5.91 Å². The Bertz CT molecular complexity index is 638. The molecule has 1 amide bonds. The summed E-state index contributed by atoms with van der Waals surface area (Å²) in [5, 5.41) is 4.26. The van der Waals surface area contributed by atoms with Crippen molar-refractivity contribution in [3.63, 3.8) is 0 Å². The van der Waals surface area contributed by atoms with Gasteiger partial charge in [-0.05, 0) is 55.7 Å². The van der Waals surface area contributed by atoms with Crippen molar-refractivity contribution in [3.8, 4) is 0 Å². The van der Waals surface area contributed by atoms with Crippen LogP contribution in [-0.4, -0.2) is 17.0 Å². The van der Waals surface area contributed by atoms with Crippen LogP contribution in [0.1, 0.15) is 42.7 Å². The lowest BCUT2D eigenvalue weighted by Gasteiger charge is -2.08. The predicted molar refractivity (Wildman–Crippen MR) is 82.0 cm³/mol. The van der Waals surface area contributed by atoms with E-state index in [1.807, 2.05) is 12.1 Å². The smallest absolute Gasteiger partial charge is 0.251 e. The zero-order chi connectivity index (χ0) is 14.1. The lowest BCUT2D eigenvalue weighted by atomic mass is 10.1. The Balaban J connectivity index is 1.89. The first kappa shape index (κ1) is 13.2. The maximum absolute atomic E-state index is 12.2. The van der Waals surface area contributed by atoms with Crippen LogP contribution in [0.3, 0.4) is 0 Å². The minimum absolute atomic E-state index is 0.0562. The molecule has 1 heterocycles. The third kappa shape index (κ3) is 2.45. The van der Waals surface area contributed by atoms with Gasteiger partial charge in [-0.2, -0.15) is 0 Å². The SMILES string of the molecule is CCc1cc2ccc(C(=O)NCC3CC3)cc2n1CC. The number of nitrogens with zero attached hydrogens (tertiary/aromatic N) is 1. The molecule has 3 heteroatoms. The maximum atomic E-state index is 12.2. The van der Waals surface area contributed by atoms with Gasteiger partial charge in [0.15, 0.2) is 0 Å². The van der Waals surface area contributed by atoms with Crippen molar-refractivity contribution in [3.05, 3.63) is 35.5 Å². The minimum atomic E-state index is 0.0562. The average molecular weight is 270 g/mol. The summed E-state index contributed by atoms with van der Waals surface area (Å²) in [7, 11) is 0. The monoisotopic (exact) mass is 270 g/mol. The van der Waals surface area contributed by atoms with E-state index in [0.717, 1.165) is 25.1 Å². The predicted octanol–water partition coefficient (Wildman–Crippen LogP) is 3.36. The first-order chi connectivity index (χ1) is 9.72. The van der Waals surface area contributed by atoms with Crippen LogP contribution >= 0.6 is 0 Å². The van der Waals surface area contributed by atoms with E-state index in [1.54, 1.807) is 0 Å². The van der Waals surface area contributed by atoms with Crippen LogP contribution < -0.4 is 5.32 Å². The third-order valence-corrected chi connectivity index (χ3v) is 4.18. The Labute approximate surface area is 120 Å². The van der Waals surface area contributed by atoms with Crippen molar-refractivity contribution in [2.24, 2.45) is 5.92 Å². The van der Waals surface area contributed by atoms with Crippen LogP contribution in [-0.2, 0) is 13.0 Å². The van der Waals surface area contributed by atoms with Crippen LogP contribution in [0.4, 0.5) is 0 Å². The van der Waals surface area contributed by atoms with Gasteiger partial charge in [0.05, 0.1) is 0 Å². The van der Waals surface area contributed by atoms with Gasteiger partial charge in [0.2, 0.25) is 0 Å².